The van der Waals surface area contributed by atoms with Gasteiger partial charge < -0.3 is 20.5 Å². The Balaban J connectivity index is 3.81. The first-order valence-corrected chi connectivity index (χ1v) is 4.68. The molecule has 15 heavy (non-hydrogen) atoms. The number of hydrogen-bond donors (Lipinski definition) is 3. The van der Waals surface area contributed by atoms with Crippen molar-refractivity contribution in [3.8, 4) is 0 Å². The van der Waals surface area contributed by atoms with E-state index in [2.05, 4.69) is 10.6 Å². The van der Waals surface area contributed by atoms with Gasteiger partial charge in [-0.15, -0.1) is 0 Å². The average Bonchev–Trinajstić information content (AvgIpc) is 2.13. The SMILES string of the molecule is CC(C)C(C=O)NC(=O)CCNC(=O)O. The van der Waals surface area contributed by atoms with Crippen LogP contribution in [-0.2, 0) is 9.59 Å². The molecule has 0 aliphatic heterocycles. The van der Waals surface area contributed by atoms with Gasteiger partial charge in [-0.2, -0.15) is 0 Å². The van der Waals surface area contributed by atoms with Crippen molar-refractivity contribution >= 4 is 18.3 Å². The van der Waals surface area contributed by atoms with Crippen molar-refractivity contribution in [1.29, 1.82) is 0 Å². The minimum absolute atomic E-state index is 0.0267. The highest BCUT2D eigenvalue weighted by Crippen LogP contribution is 1.98. The van der Waals surface area contributed by atoms with Gasteiger partial charge in [-0.3, -0.25) is 4.79 Å². The van der Waals surface area contributed by atoms with E-state index in [1.165, 1.54) is 0 Å². The zero-order chi connectivity index (χ0) is 11.8. The van der Waals surface area contributed by atoms with Crippen LogP contribution in [0.2, 0.25) is 0 Å². The first kappa shape index (κ1) is 13.4. The van der Waals surface area contributed by atoms with Gasteiger partial charge in [0, 0.05) is 13.0 Å². The fourth-order valence-electron chi connectivity index (χ4n) is 0.899. The maximum atomic E-state index is 11.2. The molecule has 0 fully saturated rings. The fraction of sp³-hybridized carbons (Fsp3) is 0.667. The predicted octanol–water partition coefficient (Wildman–Crippen LogP) is -0.0162. The summed E-state index contributed by atoms with van der Waals surface area (Å²) >= 11 is 0. The lowest BCUT2D eigenvalue weighted by Crippen LogP contribution is -2.40. The second-order valence-corrected chi connectivity index (χ2v) is 3.46. The third-order valence-corrected chi connectivity index (χ3v) is 1.82. The van der Waals surface area contributed by atoms with Gasteiger partial charge in [0.25, 0.3) is 0 Å². The van der Waals surface area contributed by atoms with Gasteiger partial charge in [0.05, 0.1) is 6.04 Å². The van der Waals surface area contributed by atoms with E-state index in [1.54, 1.807) is 0 Å². The molecule has 1 atom stereocenters. The lowest BCUT2D eigenvalue weighted by atomic mass is 10.1. The maximum Gasteiger partial charge on any atom is 0.404 e. The van der Waals surface area contributed by atoms with Crippen molar-refractivity contribution in [1.82, 2.24) is 10.6 Å². The van der Waals surface area contributed by atoms with E-state index in [9.17, 15) is 14.4 Å². The van der Waals surface area contributed by atoms with Crippen molar-refractivity contribution in [3.05, 3.63) is 0 Å². The van der Waals surface area contributed by atoms with Crippen molar-refractivity contribution in [3.63, 3.8) is 0 Å². The lowest BCUT2D eigenvalue weighted by molar-refractivity contribution is -0.124. The molecule has 0 aliphatic carbocycles. The standard InChI is InChI=1S/C9H16N2O4/c1-6(2)7(5-12)11-8(13)3-4-10-9(14)15/h5-7,10H,3-4H2,1-2H3,(H,11,13)(H,14,15). The molecule has 6 heteroatoms. The van der Waals surface area contributed by atoms with Crippen LogP contribution in [0.5, 0.6) is 0 Å². The first-order valence-electron chi connectivity index (χ1n) is 4.68. The Kier molecular flexibility index (Phi) is 6.08. The number of carboxylic acid groups (broad SMARTS) is 1. The van der Waals surface area contributed by atoms with E-state index in [0.717, 1.165) is 0 Å². The number of carbonyl (C=O) groups excluding carboxylic acids is 2. The number of rotatable bonds is 6. The van der Waals surface area contributed by atoms with Crippen molar-refractivity contribution in [2.45, 2.75) is 26.3 Å². The average molecular weight is 216 g/mol. The van der Waals surface area contributed by atoms with E-state index in [0.29, 0.717) is 6.29 Å². The van der Waals surface area contributed by atoms with E-state index < -0.39 is 12.1 Å². The number of nitrogens with one attached hydrogen (secondary N) is 2. The second-order valence-electron chi connectivity index (χ2n) is 3.46. The summed E-state index contributed by atoms with van der Waals surface area (Å²) in [5.41, 5.74) is 0. The quantitative estimate of drug-likeness (QED) is 0.544. The van der Waals surface area contributed by atoms with Crippen LogP contribution >= 0.6 is 0 Å². The maximum absolute atomic E-state index is 11.2. The highest BCUT2D eigenvalue weighted by Gasteiger charge is 2.14. The second kappa shape index (κ2) is 6.80. The highest BCUT2D eigenvalue weighted by molar-refractivity contribution is 5.80. The van der Waals surface area contributed by atoms with Gasteiger partial charge >= 0.3 is 6.09 Å². The largest absolute Gasteiger partial charge is 0.465 e. The molecule has 0 radical (unpaired) electrons. The van der Waals surface area contributed by atoms with Crippen LogP contribution in [0.15, 0.2) is 0 Å². The van der Waals surface area contributed by atoms with Crippen LogP contribution in [0.1, 0.15) is 20.3 Å². The number of aldehydes is 1. The molecule has 0 aliphatic rings. The Bertz CT molecular complexity index is 240. The van der Waals surface area contributed by atoms with Crippen molar-refractivity contribution < 1.29 is 19.5 Å². The molecule has 0 aromatic carbocycles. The molecule has 1 unspecified atom stereocenters. The number of hydrogen-bond acceptors (Lipinski definition) is 3. The molecule has 0 heterocycles. The van der Waals surface area contributed by atoms with E-state index in [4.69, 9.17) is 5.11 Å². The molecular formula is C9H16N2O4. The monoisotopic (exact) mass is 216 g/mol. The Hall–Kier alpha value is -1.59. The number of carbonyl (C=O) groups is 3. The highest BCUT2D eigenvalue weighted by atomic mass is 16.4. The third-order valence-electron chi connectivity index (χ3n) is 1.82. The lowest BCUT2D eigenvalue weighted by Gasteiger charge is -2.15. The van der Waals surface area contributed by atoms with Gasteiger partial charge in [0.2, 0.25) is 5.91 Å². The molecule has 0 spiro atoms. The minimum Gasteiger partial charge on any atom is -0.465 e. The Morgan fingerprint density at radius 3 is 2.40 bits per heavy atom. The molecule has 2 amide bonds. The van der Waals surface area contributed by atoms with Gasteiger partial charge in [-0.25, -0.2) is 4.79 Å². The molecule has 0 aromatic rings. The summed E-state index contributed by atoms with van der Waals surface area (Å²) < 4.78 is 0. The van der Waals surface area contributed by atoms with Crippen LogP contribution in [0.4, 0.5) is 4.79 Å². The molecule has 0 aromatic heterocycles. The molecule has 0 bridgehead atoms. The molecule has 3 N–H and O–H groups in total. The third kappa shape index (κ3) is 6.48. The molecule has 0 saturated heterocycles. The summed E-state index contributed by atoms with van der Waals surface area (Å²) in [7, 11) is 0. The van der Waals surface area contributed by atoms with Crippen LogP contribution in [-0.4, -0.2) is 36.0 Å². The smallest absolute Gasteiger partial charge is 0.404 e. The van der Waals surface area contributed by atoms with Crippen LogP contribution in [0.3, 0.4) is 0 Å². The summed E-state index contributed by atoms with van der Waals surface area (Å²) in [5, 5.41) is 12.8. The zero-order valence-corrected chi connectivity index (χ0v) is 8.82. The molecule has 6 nitrogen and oxygen atoms in total. The predicted molar refractivity (Wildman–Crippen MR) is 53.5 cm³/mol. The Morgan fingerprint density at radius 2 is 2.00 bits per heavy atom. The summed E-state index contributed by atoms with van der Waals surface area (Å²) in [4.78, 5) is 31.8. The Morgan fingerprint density at radius 1 is 1.40 bits per heavy atom. The van der Waals surface area contributed by atoms with Gasteiger partial charge in [0.1, 0.15) is 6.29 Å². The first-order chi connectivity index (χ1) is 6.97. The fourth-order valence-corrected chi connectivity index (χ4v) is 0.899. The summed E-state index contributed by atoms with van der Waals surface area (Å²) in [6.45, 7) is 3.68. The van der Waals surface area contributed by atoms with Gasteiger partial charge in [-0.1, -0.05) is 13.8 Å². The van der Waals surface area contributed by atoms with Gasteiger partial charge in [-0.05, 0) is 5.92 Å². The summed E-state index contributed by atoms with van der Waals surface area (Å²) in [6.07, 6.45) is -0.463. The van der Waals surface area contributed by atoms with E-state index in [1.807, 2.05) is 13.8 Å². The van der Waals surface area contributed by atoms with Crippen molar-refractivity contribution in [2.24, 2.45) is 5.92 Å². The topological polar surface area (TPSA) is 95.5 Å². The van der Waals surface area contributed by atoms with Gasteiger partial charge in [0.15, 0.2) is 0 Å². The number of amides is 2. The Labute approximate surface area is 88.0 Å². The molecule has 0 rings (SSSR count). The normalized spacial score (nSPS) is 11.9. The molecule has 86 valence electrons. The molecule has 0 saturated carbocycles. The molecular weight excluding hydrogens is 200 g/mol. The van der Waals surface area contributed by atoms with E-state index in [-0.39, 0.29) is 24.8 Å². The summed E-state index contributed by atoms with van der Waals surface area (Å²) in [5.74, 6) is -0.312. The van der Waals surface area contributed by atoms with Crippen LogP contribution in [0.25, 0.3) is 0 Å². The minimum atomic E-state index is -1.17. The van der Waals surface area contributed by atoms with E-state index >= 15 is 0 Å². The van der Waals surface area contributed by atoms with Crippen LogP contribution in [0, 0.1) is 5.92 Å². The zero-order valence-electron chi connectivity index (χ0n) is 8.82. The summed E-state index contributed by atoms with van der Waals surface area (Å²) in [6, 6.07) is -0.512. The van der Waals surface area contributed by atoms with Crippen LogP contribution < -0.4 is 10.6 Å². The van der Waals surface area contributed by atoms with Crippen molar-refractivity contribution in [2.75, 3.05) is 6.54 Å².